The maximum absolute atomic E-state index is 12.9. The lowest BCUT2D eigenvalue weighted by Gasteiger charge is -2.05. The smallest absolute Gasteiger partial charge is 0.291 e. The van der Waals surface area contributed by atoms with Crippen molar-refractivity contribution in [3.05, 3.63) is 57.2 Å². The molecule has 0 atom stereocenters. The van der Waals surface area contributed by atoms with Crippen molar-refractivity contribution in [2.45, 2.75) is 4.90 Å². The molecule has 10 heteroatoms. The fraction of sp³-hybridized carbons (Fsp3) is 0. The molecule has 0 saturated carbocycles. The van der Waals surface area contributed by atoms with Gasteiger partial charge in [0.05, 0.1) is 4.90 Å². The second-order valence-electron chi connectivity index (χ2n) is 4.10. The predicted molar refractivity (Wildman–Crippen MR) is 70.0 cm³/mol. The molecule has 0 aliphatic heterocycles. The summed E-state index contributed by atoms with van der Waals surface area (Å²) in [6, 6.07) is 4.12. The molecule has 1 aromatic carbocycles. The van der Waals surface area contributed by atoms with Crippen LogP contribution in [0.1, 0.15) is 0 Å². The quantitative estimate of drug-likeness (QED) is 0.679. The van der Waals surface area contributed by atoms with Gasteiger partial charge < -0.3 is 0 Å². The lowest BCUT2D eigenvalue weighted by Crippen LogP contribution is -2.23. The molecule has 2 N–H and O–H groups in total. The first-order chi connectivity index (χ1) is 9.89. The van der Waals surface area contributed by atoms with Gasteiger partial charge >= 0.3 is 5.69 Å². The van der Waals surface area contributed by atoms with E-state index in [0.29, 0.717) is 3.97 Å². The molecule has 0 fully saturated rings. The van der Waals surface area contributed by atoms with Crippen molar-refractivity contribution in [2.24, 2.45) is 0 Å². The van der Waals surface area contributed by atoms with E-state index in [1.165, 1.54) is 0 Å². The molecule has 2 heterocycles. The van der Waals surface area contributed by atoms with Crippen molar-refractivity contribution in [3.8, 4) is 0 Å². The highest BCUT2D eigenvalue weighted by Gasteiger charge is 2.21. The Morgan fingerprint density at radius 3 is 2.43 bits per heavy atom. The van der Waals surface area contributed by atoms with E-state index in [9.17, 15) is 22.4 Å². The predicted octanol–water partition coefficient (Wildman–Crippen LogP) is -0.211. The molecule has 0 aliphatic rings. The van der Waals surface area contributed by atoms with E-state index in [0.717, 1.165) is 30.6 Å². The molecule has 0 bridgehead atoms. The first-order valence-corrected chi connectivity index (χ1v) is 7.04. The average Bonchev–Trinajstić information content (AvgIpc) is 2.83. The number of rotatable bonds is 2. The van der Waals surface area contributed by atoms with Crippen LogP contribution in [0.15, 0.2) is 45.1 Å². The maximum Gasteiger partial charge on any atom is 0.327 e. The second kappa shape index (κ2) is 4.38. The lowest BCUT2D eigenvalue weighted by molar-refractivity contribution is 0.587. The van der Waals surface area contributed by atoms with E-state index in [4.69, 9.17) is 0 Å². The van der Waals surface area contributed by atoms with Crippen molar-refractivity contribution in [2.75, 3.05) is 0 Å². The Bertz CT molecular complexity index is 1050. The Hall–Kier alpha value is -2.75. The van der Waals surface area contributed by atoms with E-state index in [1.807, 2.05) is 4.98 Å². The Balaban J connectivity index is 2.32. The van der Waals surface area contributed by atoms with Gasteiger partial charge in [-0.05, 0) is 24.3 Å². The summed E-state index contributed by atoms with van der Waals surface area (Å²) in [5.41, 5.74) is -2.14. The topological polar surface area (TPSA) is 118 Å². The monoisotopic (exact) mass is 310 g/mol. The van der Waals surface area contributed by atoms with Crippen LogP contribution in [-0.2, 0) is 10.0 Å². The van der Waals surface area contributed by atoms with Crippen LogP contribution in [0, 0.1) is 5.82 Å². The molecule has 0 radical (unpaired) electrons. The number of benzene rings is 1. The lowest BCUT2D eigenvalue weighted by atomic mass is 10.4. The first kappa shape index (κ1) is 13.2. The summed E-state index contributed by atoms with van der Waals surface area (Å²) in [4.78, 5) is 30.4. The normalized spacial score (nSPS) is 11.9. The Morgan fingerprint density at radius 2 is 1.76 bits per heavy atom. The van der Waals surface area contributed by atoms with Crippen LogP contribution in [0.2, 0.25) is 0 Å². The van der Waals surface area contributed by atoms with Crippen LogP contribution < -0.4 is 11.2 Å². The van der Waals surface area contributed by atoms with Crippen molar-refractivity contribution in [3.63, 3.8) is 0 Å². The number of fused-ring (bicyclic) bond motifs is 1. The van der Waals surface area contributed by atoms with Crippen LogP contribution in [0.3, 0.4) is 0 Å². The molecule has 108 valence electrons. The molecule has 3 aromatic rings. The Labute approximate surface area is 115 Å². The van der Waals surface area contributed by atoms with Gasteiger partial charge in [0.2, 0.25) is 0 Å². The summed E-state index contributed by atoms with van der Waals surface area (Å²) in [6.45, 7) is 0. The van der Waals surface area contributed by atoms with Gasteiger partial charge in [-0.25, -0.2) is 26.6 Å². The van der Waals surface area contributed by atoms with E-state index >= 15 is 0 Å². The van der Waals surface area contributed by atoms with Gasteiger partial charge in [0.25, 0.3) is 15.6 Å². The van der Waals surface area contributed by atoms with E-state index in [2.05, 4.69) is 9.97 Å². The summed E-state index contributed by atoms with van der Waals surface area (Å²) < 4.78 is 38.3. The largest absolute Gasteiger partial charge is 0.327 e. The molecule has 0 unspecified atom stereocenters. The zero-order valence-electron chi connectivity index (χ0n) is 10.2. The van der Waals surface area contributed by atoms with Crippen molar-refractivity contribution in [1.29, 1.82) is 0 Å². The highest BCUT2D eigenvalue weighted by atomic mass is 32.2. The number of hydrogen-bond donors (Lipinski definition) is 2. The molecule has 0 saturated heterocycles. The Kier molecular flexibility index (Phi) is 2.76. The van der Waals surface area contributed by atoms with Crippen LogP contribution >= 0.6 is 0 Å². The van der Waals surface area contributed by atoms with Crippen LogP contribution in [0.5, 0.6) is 0 Å². The van der Waals surface area contributed by atoms with Crippen LogP contribution in [0.25, 0.3) is 11.2 Å². The first-order valence-electron chi connectivity index (χ1n) is 5.60. The molecule has 8 nitrogen and oxygen atoms in total. The number of aromatic amines is 2. The van der Waals surface area contributed by atoms with Crippen molar-refractivity contribution >= 4 is 21.2 Å². The van der Waals surface area contributed by atoms with Gasteiger partial charge in [0, 0.05) is 0 Å². The van der Waals surface area contributed by atoms with Gasteiger partial charge in [-0.1, -0.05) is 0 Å². The number of H-pyrrole nitrogens is 2. The molecular weight excluding hydrogens is 303 g/mol. The molecule has 21 heavy (non-hydrogen) atoms. The number of hydrogen-bond acceptors (Lipinski definition) is 5. The third-order valence-electron chi connectivity index (χ3n) is 2.78. The minimum Gasteiger partial charge on any atom is -0.291 e. The number of imidazole rings is 1. The summed E-state index contributed by atoms with van der Waals surface area (Å²) >= 11 is 0. The number of nitrogens with one attached hydrogen (secondary N) is 2. The van der Waals surface area contributed by atoms with Gasteiger partial charge in [-0.15, -0.1) is 0 Å². The maximum atomic E-state index is 12.9. The zero-order valence-corrected chi connectivity index (χ0v) is 11.0. The Morgan fingerprint density at radius 1 is 1.10 bits per heavy atom. The minimum absolute atomic E-state index is 0.204. The standard InChI is InChI=1S/C11H7FN4O4S/c12-6-1-3-7(4-2-6)21(19,20)16-5-13-8-9(16)14-11(18)15-10(8)17/h1-5H,(H2,14,15,17,18). The van der Waals surface area contributed by atoms with Gasteiger partial charge in [-0.3, -0.25) is 14.8 Å². The summed E-state index contributed by atoms with van der Waals surface area (Å²) in [6.07, 6.45) is 0.897. The van der Waals surface area contributed by atoms with Gasteiger partial charge in [0.1, 0.15) is 12.1 Å². The minimum atomic E-state index is -4.11. The summed E-state index contributed by atoms with van der Waals surface area (Å²) in [5.74, 6) is -0.589. The third kappa shape index (κ3) is 2.05. The molecule has 0 spiro atoms. The fourth-order valence-corrected chi connectivity index (χ4v) is 3.07. The summed E-state index contributed by atoms with van der Waals surface area (Å²) in [5, 5.41) is 0. The molecule has 0 amide bonds. The number of aromatic nitrogens is 4. The zero-order chi connectivity index (χ0) is 15.2. The van der Waals surface area contributed by atoms with Crippen molar-refractivity contribution in [1.82, 2.24) is 18.9 Å². The SMILES string of the molecule is O=c1[nH]c(=O)c2ncn(S(=O)(=O)c3ccc(F)cc3)c2[nH]1. The van der Waals surface area contributed by atoms with Gasteiger partial charge in [-0.2, -0.15) is 0 Å². The van der Waals surface area contributed by atoms with E-state index in [-0.39, 0.29) is 16.1 Å². The second-order valence-corrected chi connectivity index (χ2v) is 5.92. The molecule has 2 aromatic heterocycles. The molecule has 3 rings (SSSR count). The van der Waals surface area contributed by atoms with E-state index in [1.54, 1.807) is 0 Å². The fourth-order valence-electron chi connectivity index (χ4n) is 1.82. The van der Waals surface area contributed by atoms with Crippen LogP contribution in [0.4, 0.5) is 4.39 Å². The van der Waals surface area contributed by atoms with Crippen LogP contribution in [-0.4, -0.2) is 27.3 Å². The number of halogens is 1. The van der Waals surface area contributed by atoms with Gasteiger partial charge in [0.15, 0.2) is 11.2 Å². The molecule has 0 aliphatic carbocycles. The van der Waals surface area contributed by atoms with Crippen molar-refractivity contribution < 1.29 is 12.8 Å². The van der Waals surface area contributed by atoms with E-state index < -0.39 is 27.1 Å². The highest BCUT2D eigenvalue weighted by molar-refractivity contribution is 7.90. The average molecular weight is 310 g/mol. The third-order valence-corrected chi connectivity index (χ3v) is 4.44. The number of nitrogens with zero attached hydrogens (tertiary/aromatic N) is 2. The summed E-state index contributed by atoms with van der Waals surface area (Å²) in [7, 11) is -4.11. The molecular formula is C11H7FN4O4S. The highest BCUT2D eigenvalue weighted by Crippen LogP contribution is 2.17.